The van der Waals surface area contributed by atoms with Crippen LogP contribution < -0.4 is 0 Å². The second-order valence-electron chi connectivity index (χ2n) is 3.30. The van der Waals surface area contributed by atoms with Gasteiger partial charge in [0.15, 0.2) is 0 Å². The van der Waals surface area contributed by atoms with E-state index in [0.717, 1.165) is 25.9 Å². The molecular weight excluding hydrogens is 156 g/mol. The summed E-state index contributed by atoms with van der Waals surface area (Å²) in [5, 5.41) is 1.66. The summed E-state index contributed by atoms with van der Waals surface area (Å²) >= 11 is 0. The van der Waals surface area contributed by atoms with Gasteiger partial charge in [0.2, 0.25) is 0 Å². The maximum atomic E-state index is 9.89. The van der Waals surface area contributed by atoms with Crippen LogP contribution in [0.25, 0.3) is 0 Å². The molecule has 0 atom stereocenters. The first kappa shape index (κ1) is 9.48. The highest BCUT2D eigenvalue weighted by atomic mass is 16.7. The van der Waals surface area contributed by atoms with E-state index in [0.29, 0.717) is 6.04 Å². The second kappa shape index (κ2) is 4.42. The van der Waals surface area contributed by atoms with E-state index in [1.807, 2.05) is 0 Å². The van der Waals surface area contributed by atoms with Crippen molar-refractivity contribution in [3.05, 3.63) is 0 Å². The molecular formula is C8H15N2O2. The van der Waals surface area contributed by atoms with E-state index >= 15 is 0 Å². The molecule has 0 bridgehead atoms. The first-order chi connectivity index (χ1) is 5.74. The van der Waals surface area contributed by atoms with E-state index < -0.39 is 0 Å². The quantitative estimate of drug-likeness (QED) is 0.599. The first-order valence-corrected chi connectivity index (χ1v) is 4.19. The summed E-state index contributed by atoms with van der Waals surface area (Å²) in [6.45, 7) is 3.08. The second-order valence-corrected chi connectivity index (χ2v) is 3.30. The maximum absolute atomic E-state index is 9.89. The summed E-state index contributed by atoms with van der Waals surface area (Å²) in [5.41, 5.74) is 0. The van der Waals surface area contributed by atoms with Gasteiger partial charge in [-0.3, -0.25) is 0 Å². The Kier molecular flexibility index (Phi) is 3.49. The number of piperidine rings is 1. The fourth-order valence-corrected chi connectivity index (χ4v) is 1.50. The van der Waals surface area contributed by atoms with Crippen molar-refractivity contribution in [3.8, 4) is 0 Å². The van der Waals surface area contributed by atoms with E-state index in [2.05, 4.69) is 23.8 Å². The van der Waals surface area contributed by atoms with E-state index in [9.17, 15) is 4.79 Å². The minimum absolute atomic E-state index is 0.622. The van der Waals surface area contributed by atoms with Crippen molar-refractivity contribution in [2.45, 2.75) is 18.9 Å². The molecule has 1 aliphatic rings. The Bertz CT molecular complexity index is 142. The third kappa shape index (κ3) is 2.46. The molecule has 1 rings (SSSR count). The van der Waals surface area contributed by atoms with Crippen LogP contribution in [0.5, 0.6) is 0 Å². The molecule has 0 spiro atoms. The normalized spacial score (nSPS) is 21.2. The zero-order valence-electron chi connectivity index (χ0n) is 7.62. The Labute approximate surface area is 73.0 Å². The summed E-state index contributed by atoms with van der Waals surface area (Å²) in [6.07, 6.45) is 2.10. The summed E-state index contributed by atoms with van der Waals surface area (Å²) in [4.78, 5) is 16.7. The predicted molar refractivity (Wildman–Crippen MR) is 45.1 cm³/mol. The molecule has 1 fully saturated rings. The van der Waals surface area contributed by atoms with E-state index in [1.54, 1.807) is 5.06 Å². The Morgan fingerprint density at radius 1 is 1.42 bits per heavy atom. The lowest BCUT2D eigenvalue weighted by Gasteiger charge is -2.32. The number of hydroxylamine groups is 2. The van der Waals surface area contributed by atoms with Crippen molar-refractivity contribution in [2.75, 3.05) is 27.2 Å². The van der Waals surface area contributed by atoms with Gasteiger partial charge in [0, 0.05) is 19.1 Å². The molecule has 0 aromatic carbocycles. The zero-order valence-corrected chi connectivity index (χ0v) is 7.62. The zero-order chi connectivity index (χ0) is 8.97. The van der Waals surface area contributed by atoms with Crippen LogP contribution >= 0.6 is 0 Å². The van der Waals surface area contributed by atoms with Crippen LogP contribution in [0.15, 0.2) is 0 Å². The van der Waals surface area contributed by atoms with Gasteiger partial charge in [-0.15, -0.1) is 5.06 Å². The van der Waals surface area contributed by atoms with Gasteiger partial charge in [-0.25, -0.2) is 4.79 Å². The smallest absolute Gasteiger partial charge is 0.359 e. The van der Waals surface area contributed by atoms with Crippen LogP contribution in [0.2, 0.25) is 0 Å². The summed E-state index contributed by atoms with van der Waals surface area (Å²) in [6, 6.07) is 0.622. The van der Waals surface area contributed by atoms with Gasteiger partial charge in [-0.1, -0.05) is 0 Å². The average Bonchev–Trinajstić information content (AvgIpc) is 2.06. The van der Waals surface area contributed by atoms with Crippen molar-refractivity contribution >= 4 is 6.47 Å². The summed E-state index contributed by atoms with van der Waals surface area (Å²) in [5.74, 6) is 0. The number of hydrogen-bond acceptors (Lipinski definition) is 4. The Balaban J connectivity index is 2.24. The lowest BCUT2D eigenvalue weighted by atomic mass is 10.1. The molecule has 1 heterocycles. The molecule has 0 aromatic heterocycles. The van der Waals surface area contributed by atoms with Crippen LogP contribution in [0.1, 0.15) is 12.8 Å². The molecule has 0 amide bonds. The Morgan fingerprint density at radius 2 is 2.00 bits per heavy atom. The van der Waals surface area contributed by atoms with Crippen molar-refractivity contribution < 1.29 is 9.63 Å². The molecule has 69 valence electrons. The van der Waals surface area contributed by atoms with Crippen molar-refractivity contribution in [1.82, 2.24) is 9.96 Å². The van der Waals surface area contributed by atoms with Crippen molar-refractivity contribution in [1.29, 1.82) is 0 Å². The van der Waals surface area contributed by atoms with Crippen LogP contribution in [-0.4, -0.2) is 49.7 Å². The van der Waals surface area contributed by atoms with Crippen molar-refractivity contribution in [3.63, 3.8) is 0 Å². The van der Waals surface area contributed by atoms with Gasteiger partial charge >= 0.3 is 6.47 Å². The van der Waals surface area contributed by atoms with Gasteiger partial charge < -0.3 is 9.74 Å². The van der Waals surface area contributed by atoms with E-state index in [4.69, 9.17) is 0 Å². The largest absolute Gasteiger partial charge is 0.438 e. The lowest BCUT2D eigenvalue weighted by Crippen LogP contribution is -2.41. The summed E-state index contributed by atoms with van der Waals surface area (Å²) in [7, 11) is 4.15. The van der Waals surface area contributed by atoms with Crippen LogP contribution in [0.4, 0.5) is 0 Å². The molecule has 1 saturated heterocycles. The first-order valence-electron chi connectivity index (χ1n) is 4.19. The molecule has 0 aromatic rings. The van der Waals surface area contributed by atoms with Gasteiger partial charge in [0.25, 0.3) is 0 Å². The van der Waals surface area contributed by atoms with Gasteiger partial charge in [0.1, 0.15) is 0 Å². The van der Waals surface area contributed by atoms with Crippen LogP contribution in [0, 0.1) is 0 Å². The molecule has 1 radical (unpaired) electrons. The fraction of sp³-hybridized carbons (Fsp3) is 0.875. The van der Waals surface area contributed by atoms with Crippen LogP contribution in [0.3, 0.4) is 0 Å². The molecule has 4 nitrogen and oxygen atoms in total. The number of nitrogens with zero attached hydrogens (tertiary/aromatic N) is 2. The molecule has 0 saturated carbocycles. The number of hydrogen-bond donors (Lipinski definition) is 0. The Morgan fingerprint density at radius 3 is 2.42 bits per heavy atom. The highest BCUT2D eigenvalue weighted by Crippen LogP contribution is 2.13. The molecule has 1 aliphatic heterocycles. The van der Waals surface area contributed by atoms with Crippen molar-refractivity contribution in [2.24, 2.45) is 0 Å². The standard InChI is InChI=1S/C8H15N2O2/c1-9(2)8-3-5-10(6-4-8)12-7-11/h8H,3-6H2,1-2H3. The lowest BCUT2D eigenvalue weighted by molar-refractivity contribution is -0.0978. The van der Waals surface area contributed by atoms with Gasteiger partial charge in [0.05, 0.1) is 0 Å². The number of rotatable bonds is 3. The highest BCUT2D eigenvalue weighted by Gasteiger charge is 2.21. The predicted octanol–water partition coefficient (Wildman–Crippen LogP) is 0.0112. The highest BCUT2D eigenvalue weighted by molar-refractivity contribution is 5.37. The van der Waals surface area contributed by atoms with E-state index in [1.165, 1.54) is 6.47 Å². The fourth-order valence-electron chi connectivity index (χ4n) is 1.50. The number of carbonyl (C=O) groups excluding carboxylic acids is 1. The summed E-state index contributed by atoms with van der Waals surface area (Å²) < 4.78 is 0. The third-order valence-electron chi connectivity index (χ3n) is 2.32. The van der Waals surface area contributed by atoms with Gasteiger partial charge in [-0.05, 0) is 26.9 Å². The SMILES string of the molecule is CN(C)C1CCN(O[C]=O)CC1. The topological polar surface area (TPSA) is 32.8 Å². The molecule has 0 aliphatic carbocycles. The van der Waals surface area contributed by atoms with E-state index in [-0.39, 0.29) is 0 Å². The molecule has 4 heteroatoms. The minimum atomic E-state index is 0.622. The third-order valence-corrected chi connectivity index (χ3v) is 2.32. The van der Waals surface area contributed by atoms with Crippen LogP contribution in [-0.2, 0) is 9.63 Å². The van der Waals surface area contributed by atoms with Gasteiger partial charge in [-0.2, -0.15) is 0 Å². The molecule has 12 heavy (non-hydrogen) atoms. The maximum Gasteiger partial charge on any atom is 0.438 e. The molecule has 0 N–H and O–H groups in total. The molecule has 0 unspecified atom stereocenters. The Hall–Kier alpha value is -0.610. The average molecular weight is 171 g/mol. The minimum Gasteiger partial charge on any atom is -0.359 e. The monoisotopic (exact) mass is 171 g/mol.